The van der Waals surface area contributed by atoms with E-state index < -0.39 is 23.7 Å². The van der Waals surface area contributed by atoms with Gasteiger partial charge < -0.3 is 5.32 Å². The number of carbonyl (C=O) groups is 1. The summed E-state index contributed by atoms with van der Waals surface area (Å²) in [4.78, 5) is 13.5. The number of H-pyrrole nitrogens is 1. The molecule has 0 saturated carbocycles. The molecular formula is C17H16F2N4OS2. The SMILES string of the molecule is C[C@H](C(=O)N[C@H](C)c1ccc(F)cc1F)n1c(-c2cccs2)n[nH]c1=S. The van der Waals surface area contributed by atoms with Crippen LogP contribution in [0.5, 0.6) is 0 Å². The van der Waals surface area contributed by atoms with Crippen LogP contribution in [-0.2, 0) is 4.79 Å². The predicted molar refractivity (Wildman–Crippen MR) is 98.4 cm³/mol. The average Bonchev–Trinajstić information content (AvgIpc) is 3.23. The van der Waals surface area contributed by atoms with Crippen molar-refractivity contribution < 1.29 is 13.6 Å². The number of nitrogens with zero attached hydrogens (tertiary/aromatic N) is 2. The minimum absolute atomic E-state index is 0.209. The summed E-state index contributed by atoms with van der Waals surface area (Å²) < 4.78 is 28.9. The zero-order valence-corrected chi connectivity index (χ0v) is 15.6. The molecule has 0 bridgehead atoms. The summed E-state index contributed by atoms with van der Waals surface area (Å²) in [5.41, 5.74) is 0.209. The number of amides is 1. The van der Waals surface area contributed by atoms with E-state index in [-0.39, 0.29) is 11.5 Å². The quantitative estimate of drug-likeness (QED) is 0.631. The molecule has 3 aromatic rings. The van der Waals surface area contributed by atoms with E-state index in [1.54, 1.807) is 18.4 Å². The monoisotopic (exact) mass is 394 g/mol. The van der Waals surface area contributed by atoms with Gasteiger partial charge in [-0.3, -0.25) is 14.5 Å². The van der Waals surface area contributed by atoms with Gasteiger partial charge >= 0.3 is 0 Å². The molecule has 2 atom stereocenters. The number of rotatable bonds is 5. The zero-order valence-electron chi connectivity index (χ0n) is 14.0. The largest absolute Gasteiger partial charge is 0.348 e. The maximum atomic E-state index is 13.9. The van der Waals surface area contributed by atoms with Crippen molar-refractivity contribution in [3.05, 3.63) is 57.7 Å². The van der Waals surface area contributed by atoms with Crippen molar-refractivity contribution in [3.8, 4) is 10.7 Å². The highest BCUT2D eigenvalue weighted by molar-refractivity contribution is 7.71. The fourth-order valence-corrected chi connectivity index (χ4v) is 3.63. The number of hydrogen-bond acceptors (Lipinski definition) is 4. The molecule has 0 spiro atoms. The molecule has 2 aromatic heterocycles. The third-order valence-corrected chi connectivity index (χ3v) is 5.15. The Labute approximate surface area is 157 Å². The topological polar surface area (TPSA) is 62.7 Å². The summed E-state index contributed by atoms with van der Waals surface area (Å²) in [6.45, 7) is 3.32. The fourth-order valence-electron chi connectivity index (χ4n) is 2.63. The Balaban J connectivity index is 1.83. The molecule has 0 fully saturated rings. The van der Waals surface area contributed by atoms with E-state index in [1.165, 1.54) is 17.4 Å². The summed E-state index contributed by atoms with van der Waals surface area (Å²) in [6.07, 6.45) is 0. The second-order valence-electron chi connectivity index (χ2n) is 5.77. The van der Waals surface area contributed by atoms with Crippen LogP contribution in [0.25, 0.3) is 10.7 Å². The fraction of sp³-hybridized carbons (Fsp3) is 0.235. The van der Waals surface area contributed by atoms with Crippen molar-refractivity contribution in [2.45, 2.75) is 25.9 Å². The van der Waals surface area contributed by atoms with Crippen molar-refractivity contribution in [1.29, 1.82) is 0 Å². The maximum absolute atomic E-state index is 13.9. The van der Waals surface area contributed by atoms with E-state index in [1.807, 2.05) is 17.5 Å². The van der Waals surface area contributed by atoms with Crippen molar-refractivity contribution in [3.63, 3.8) is 0 Å². The number of halogens is 2. The van der Waals surface area contributed by atoms with E-state index in [2.05, 4.69) is 15.5 Å². The van der Waals surface area contributed by atoms with E-state index in [0.29, 0.717) is 10.6 Å². The van der Waals surface area contributed by atoms with Gasteiger partial charge in [-0.25, -0.2) is 8.78 Å². The molecule has 5 nitrogen and oxygen atoms in total. The number of thiophene rings is 1. The van der Waals surface area contributed by atoms with E-state index >= 15 is 0 Å². The van der Waals surface area contributed by atoms with Gasteiger partial charge in [0.15, 0.2) is 10.6 Å². The van der Waals surface area contributed by atoms with E-state index in [9.17, 15) is 13.6 Å². The highest BCUT2D eigenvalue weighted by Gasteiger charge is 2.23. The van der Waals surface area contributed by atoms with Gasteiger partial charge in [0.05, 0.1) is 10.9 Å². The maximum Gasteiger partial charge on any atom is 0.243 e. The van der Waals surface area contributed by atoms with E-state index in [4.69, 9.17) is 12.2 Å². The molecule has 2 N–H and O–H groups in total. The smallest absolute Gasteiger partial charge is 0.243 e. The van der Waals surface area contributed by atoms with Gasteiger partial charge in [0, 0.05) is 11.6 Å². The van der Waals surface area contributed by atoms with Gasteiger partial charge in [0.2, 0.25) is 5.91 Å². The van der Waals surface area contributed by atoms with Gasteiger partial charge in [-0.2, -0.15) is 5.10 Å². The van der Waals surface area contributed by atoms with Crippen molar-refractivity contribution >= 4 is 29.5 Å². The van der Waals surface area contributed by atoms with Crippen LogP contribution in [-0.4, -0.2) is 20.7 Å². The van der Waals surface area contributed by atoms with Crippen molar-refractivity contribution in [1.82, 2.24) is 20.1 Å². The molecule has 26 heavy (non-hydrogen) atoms. The molecule has 1 amide bonds. The summed E-state index contributed by atoms with van der Waals surface area (Å²) in [5.74, 6) is -1.15. The summed E-state index contributed by atoms with van der Waals surface area (Å²) in [5, 5.41) is 11.5. The molecule has 0 radical (unpaired) electrons. The lowest BCUT2D eigenvalue weighted by Gasteiger charge is -2.20. The molecule has 0 saturated heterocycles. The first-order chi connectivity index (χ1) is 12.4. The van der Waals surface area contributed by atoms with Gasteiger partial charge in [0.1, 0.15) is 17.7 Å². The average molecular weight is 394 g/mol. The Kier molecular flexibility index (Phi) is 5.28. The lowest BCUT2D eigenvalue weighted by atomic mass is 10.1. The predicted octanol–water partition coefficient (Wildman–Crippen LogP) is 4.39. The highest BCUT2D eigenvalue weighted by Crippen LogP contribution is 2.26. The van der Waals surface area contributed by atoms with Crippen LogP contribution >= 0.6 is 23.6 Å². The van der Waals surface area contributed by atoms with Gasteiger partial charge in [-0.05, 0) is 43.6 Å². The third-order valence-electron chi connectivity index (χ3n) is 4.00. The molecule has 0 aliphatic heterocycles. The van der Waals surface area contributed by atoms with Crippen molar-refractivity contribution in [2.24, 2.45) is 0 Å². The lowest BCUT2D eigenvalue weighted by Crippen LogP contribution is -2.33. The third kappa shape index (κ3) is 3.58. The molecule has 0 aliphatic carbocycles. The van der Waals surface area contributed by atoms with Gasteiger partial charge in [-0.15, -0.1) is 11.3 Å². The molecule has 0 aliphatic rings. The molecule has 136 valence electrons. The standard InChI is InChI=1S/C17H16F2N4OS2/c1-9(12-6-5-11(18)8-13(12)19)20-16(24)10(2)23-15(21-22-17(23)25)14-4-3-7-26-14/h3-10H,1-2H3,(H,20,24)(H,22,25)/t9-,10-/m1/s1. The number of carbonyl (C=O) groups excluding carboxylic acids is 1. The summed E-state index contributed by atoms with van der Waals surface area (Å²) in [6, 6.07) is 5.75. The Hall–Kier alpha value is -2.39. The van der Waals surface area contributed by atoms with Crippen LogP contribution in [0.15, 0.2) is 35.7 Å². The number of aromatic amines is 1. The molecular weight excluding hydrogens is 378 g/mol. The van der Waals surface area contributed by atoms with Crippen molar-refractivity contribution in [2.75, 3.05) is 0 Å². The van der Waals surface area contributed by atoms with Crippen LogP contribution in [0.4, 0.5) is 8.78 Å². The summed E-state index contributed by atoms with van der Waals surface area (Å²) >= 11 is 6.73. The van der Waals surface area contributed by atoms with Crippen LogP contribution in [0, 0.1) is 16.4 Å². The lowest BCUT2D eigenvalue weighted by molar-refractivity contribution is -0.124. The van der Waals surface area contributed by atoms with Crippen LogP contribution in [0.1, 0.15) is 31.5 Å². The first-order valence-corrected chi connectivity index (χ1v) is 9.13. The Morgan fingerprint density at radius 3 is 2.77 bits per heavy atom. The molecule has 0 unspecified atom stereocenters. The number of hydrogen-bond donors (Lipinski definition) is 2. The molecule has 1 aromatic carbocycles. The first kappa shape index (κ1) is 18.4. The second kappa shape index (κ2) is 7.46. The van der Waals surface area contributed by atoms with E-state index in [0.717, 1.165) is 17.0 Å². The Bertz CT molecular complexity index is 981. The van der Waals surface area contributed by atoms with Gasteiger partial charge in [-0.1, -0.05) is 12.1 Å². The summed E-state index contributed by atoms with van der Waals surface area (Å²) in [7, 11) is 0. The van der Waals surface area contributed by atoms with Crippen LogP contribution < -0.4 is 5.32 Å². The number of nitrogens with one attached hydrogen (secondary N) is 2. The Morgan fingerprint density at radius 1 is 1.35 bits per heavy atom. The van der Waals surface area contributed by atoms with Gasteiger partial charge in [0.25, 0.3) is 0 Å². The second-order valence-corrected chi connectivity index (χ2v) is 7.11. The minimum Gasteiger partial charge on any atom is -0.348 e. The van der Waals surface area contributed by atoms with Crippen LogP contribution in [0.3, 0.4) is 0 Å². The molecule has 9 heteroatoms. The normalized spacial score (nSPS) is 13.4. The first-order valence-electron chi connectivity index (χ1n) is 7.84. The zero-order chi connectivity index (χ0) is 18.8. The Morgan fingerprint density at radius 2 is 2.12 bits per heavy atom. The number of benzene rings is 1. The number of aromatic nitrogens is 3. The minimum atomic E-state index is -0.704. The molecule has 2 heterocycles. The molecule has 3 rings (SSSR count). The highest BCUT2D eigenvalue weighted by atomic mass is 32.1. The van der Waals surface area contributed by atoms with Crippen LogP contribution in [0.2, 0.25) is 0 Å².